The Balaban J connectivity index is 1.90. The summed E-state index contributed by atoms with van der Waals surface area (Å²) in [7, 11) is 0. The van der Waals surface area contributed by atoms with Crippen LogP contribution in [0, 0.1) is 0 Å². The molecule has 1 atom stereocenters. The van der Waals surface area contributed by atoms with Crippen LogP contribution in [0.4, 0.5) is 5.69 Å². The van der Waals surface area contributed by atoms with Crippen LogP contribution in [0.15, 0.2) is 58.4 Å². The van der Waals surface area contributed by atoms with Crippen LogP contribution >= 0.6 is 11.6 Å². The summed E-state index contributed by atoms with van der Waals surface area (Å²) in [4.78, 5) is 31.6. The second-order valence-electron chi connectivity index (χ2n) is 6.61. The van der Waals surface area contributed by atoms with Gasteiger partial charge in [-0.3, -0.25) is 9.59 Å². The second-order valence-corrected chi connectivity index (χ2v) is 7.05. The zero-order chi connectivity index (χ0) is 19.1. The number of carbonyl (C=O) groups is 1. The van der Waals surface area contributed by atoms with Crippen molar-refractivity contribution in [1.29, 1.82) is 0 Å². The molecule has 1 fully saturated rings. The molecule has 1 aromatic heterocycles. The average Bonchev–Trinajstić information content (AvgIpc) is 2.63. The largest absolute Gasteiger partial charge is 0.301 e. The van der Waals surface area contributed by atoms with E-state index in [1.54, 1.807) is 47.4 Å². The first-order chi connectivity index (χ1) is 13.0. The van der Waals surface area contributed by atoms with Crippen LogP contribution in [-0.4, -0.2) is 21.3 Å². The topological polar surface area (TPSA) is 67.6 Å². The molecule has 1 aliphatic heterocycles. The number of para-hydroxylation sites is 1. The lowest BCUT2D eigenvalue weighted by molar-refractivity contribution is -0.124. The van der Waals surface area contributed by atoms with Crippen molar-refractivity contribution in [1.82, 2.24) is 9.66 Å². The molecule has 2 heterocycles. The molecule has 1 amide bonds. The van der Waals surface area contributed by atoms with E-state index in [0.717, 1.165) is 5.71 Å². The molecule has 0 saturated carbocycles. The van der Waals surface area contributed by atoms with E-state index in [9.17, 15) is 9.59 Å². The third-order valence-electron chi connectivity index (χ3n) is 4.43. The summed E-state index contributed by atoms with van der Waals surface area (Å²) in [5.74, 6) is 0.419. The smallest absolute Gasteiger partial charge is 0.282 e. The van der Waals surface area contributed by atoms with Crippen molar-refractivity contribution in [3.63, 3.8) is 0 Å². The number of hydrogen-bond donors (Lipinski definition) is 0. The molecule has 0 radical (unpaired) electrons. The first kappa shape index (κ1) is 17.4. The standard InChI is InChI=1S/C20H17ClN4O2/c1-12(2)23-25-19(22-16-6-4-3-5-15(16)20(25)27)17-11-18(26)24(17)14-9-7-13(21)8-10-14/h3-10,17H,11H2,1-2H3. The zero-order valence-electron chi connectivity index (χ0n) is 14.9. The Hall–Kier alpha value is -2.99. The first-order valence-electron chi connectivity index (χ1n) is 8.57. The fourth-order valence-corrected chi connectivity index (χ4v) is 3.33. The van der Waals surface area contributed by atoms with Gasteiger partial charge >= 0.3 is 0 Å². The molecule has 27 heavy (non-hydrogen) atoms. The van der Waals surface area contributed by atoms with Crippen molar-refractivity contribution in [3.05, 3.63) is 69.7 Å². The lowest BCUT2D eigenvalue weighted by atomic mass is 9.99. The average molecular weight is 381 g/mol. The fraction of sp³-hybridized carbons (Fsp3) is 0.200. The number of benzene rings is 2. The van der Waals surface area contributed by atoms with Gasteiger partial charge in [0.15, 0.2) is 5.82 Å². The first-order valence-corrected chi connectivity index (χ1v) is 8.95. The van der Waals surface area contributed by atoms with Crippen LogP contribution in [0.5, 0.6) is 0 Å². The van der Waals surface area contributed by atoms with Crippen molar-refractivity contribution in [2.24, 2.45) is 5.10 Å². The van der Waals surface area contributed by atoms with Crippen LogP contribution in [0.1, 0.15) is 32.1 Å². The highest BCUT2D eigenvalue weighted by molar-refractivity contribution is 6.30. The van der Waals surface area contributed by atoms with Gasteiger partial charge in [0.2, 0.25) is 5.91 Å². The molecule has 4 rings (SSSR count). The molecule has 3 aromatic rings. The van der Waals surface area contributed by atoms with E-state index in [4.69, 9.17) is 11.6 Å². The van der Waals surface area contributed by atoms with Crippen molar-refractivity contribution in [2.75, 3.05) is 4.90 Å². The highest BCUT2D eigenvalue weighted by atomic mass is 35.5. The molecule has 0 spiro atoms. The predicted molar refractivity (Wildman–Crippen MR) is 106 cm³/mol. The van der Waals surface area contributed by atoms with Crippen LogP contribution in [0.3, 0.4) is 0 Å². The highest BCUT2D eigenvalue weighted by Crippen LogP contribution is 2.38. The van der Waals surface area contributed by atoms with E-state index < -0.39 is 0 Å². The maximum atomic E-state index is 13.0. The van der Waals surface area contributed by atoms with Gasteiger partial charge in [-0.15, -0.1) is 0 Å². The zero-order valence-corrected chi connectivity index (χ0v) is 15.6. The van der Waals surface area contributed by atoms with E-state index >= 15 is 0 Å². The number of β-lactam (4-membered cyclic amide) rings is 1. The van der Waals surface area contributed by atoms with Gasteiger partial charge in [-0.2, -0.15) is 9.78 Å². The Bertz CT molecular complexity index is 1130. The number of hydrogen-bond acceptors (Lipinski definition) is 4. The number of nitrogens with zero attached hydrogens (tertiary/aromatic N) is 4. The maximum absolute atomic E-state index is 13.0. The Kier molecular flexibility index (Phi) is 4.28. The number of anilines is 1. The van der Waals surface area contributed by atoms with Crippen LogP contribution in [0.25, 0.3) is 10.9 Å². The van der Waals surface area contributed by atoms with Gasteiger partial charge in [0, 0.05) is 16.4 Å². The molecule has 0 aliphatic carbocycles. The second kappa shape index (κ2) is 6.63. The Morgan fingerprint density at radius 3 is 2.48 bits per heavy atom. The lowest BCUT2D eigenvalue weighted by Gasteiger charge is -2.40. The van der Waals surface area contributed by atoms with Crippen LogP contribution < -0.4 is 10.5 Å². The maximum Gasteiger partial charge on any atom is 0.282 e. The molecule has 7 heteroatoms. The van der Waals surface area contributed by atoms with E-state index in [0.29, 0.717) is 27.4 Å². The summed E-state index contributed by atoms with van der Waals surface area (Å²) in [6.45, 7) is 3.63. The van der Waals surface area contributed by atoms with Crippen molar-refractivity contribution in [2.45, 2.75) is 26.3 Å². The Morgan fingerprint density at radius 1 is 1.11 bits per heavy atom. The van der Waals surface area contributed by atoms with Gasteiger partial charge in [0.05, 0.1) is 17.3 Å². The molecule has 1 unspecified atom stereocenters. The third kappa shape index (κ3) is 3.02. The molecule has 1 saturated heterocycles. The summed E-state index contributed by atoms with van der Waals surface area (Å²) in [6, 6.07) is 13.8. The molecular weight excluding hydrogens is 364 g/mol. The Morgan fingerprint density at radius 2 is 1.81 bits per heavy atom. The fourth-order valence-electron chi connectivity index (χ4n) is 3.20. The molecule has 1 aliphatic rings. The van der Waals surface area contributed by atoms with E-state index in [1.807, 2.05) is 19.9 Å². The van der Waals surface area contributed by atoms with Crippen LogP contribution in [0.2, 0.25) is 5.02 Å². The summed E-state index contributed by atoms with van der Waals surface area (Å²) in [5, 5.41) is 5.47. The molecular formula is C20H17ClN4O2. The van der Waals surface area contributed by atoms with Crippen LogP contribution in [-0.2, 0) is 4.79 Å². The minimum absolute atomic E-state index is 0.0338. The Labute approximate surface area is 160 Å². The molecule has 136 valence electrons. The van der Waals surface area contributed by atoms with Gasteiger partial charge in [0.1, 0.15) is 6.04 Å². The molecule has 0 N–H and O–H groups in total. The summed E-state index contributed by atoms with van der Waals surface area (Å²) in [5.41, 5.74) is 1.78. The SMILES string of the molecule is CC(C)=Nn1c(C2CC(=O)N2c2ccc(Cl)cc2)nc2ccccc2c1=O. The number of amides is 1. The number of halogens is 1. The predicted octanol–water partition coefficient (Wildman–Crippen LogP) is 3.77. The monoisotopic (exact) mass is 380 g/mol. The van der Waals surface area contributed by atoms with E-state index in [1.165, 1.54) is 4.68 Å². The van der Waals surface area contributed by atoms with Gasteiger partial charge < -0.3 is 4.90 Å². The van der Waals surface area contributed by atoms with Crippen molar-refractivity contribution < 1.29 is 4.79 Å². The van der Waals surface area contributed by atoms with Crippen molar-refractivity contribution in [3.8, 4) is 0 Å². The summed E-state index contributed by atoms with van der Waals surface area (Å²) in [6.07, 6.45) is 0.270. The summed E-state index contributed by atoms with van der Waals surface area (Å²) < 4.78 is 1.32. The van der Waals surface area contributed by atoms with E-state index in [2.05, 4.69) is 10.1 Å². The number of fused-ring (bicyclic) bond motifs is 1. The highest BCUT2D eigenvalue weighted by Gasteiger charge is 2.41. The van der Waals surface area contributed by atoms with Gasteiger partial charge in [-0.05, 0) is 50.2 Å². The minimum atomic E-state index is -0.362. The summed E-state index contributed by atoms with van der Waals surface area (Å²) >= 11 is 5.96. The van der Waals surface area contributed by atoms with E-state index in [-0.39, 0.29) is 23.9 Å². The molecule has 6 nitrogen and oxygen atoms in total. The van der Waals surface area contributed by atoms with Gasteiger partial charge in [-0.25, -0.2) is 4.98 Å². The van der Waals surface area contributed by atoms with Gasteiger partial charge in [-0.1, -0.05) is 23.7 Å². The molecule has 2 aromatic carbocycles. The number of carbonyl (C=O) groups excluding carboxylic acids is 1. The quantitative estimate of drug-likeness (QED) is 0.513. The molecule has 0 bridgehead atoms. The minimum Gasteiger partial charge on any atom is -0.301 e. The number of aromatic nitrogens is 2. The normalized spacial score (nSPS) is 16.3. The van der Waals surface area contributed by atoms with Gasteiger partial charge in [0.25, 0.3) is 5.56 Å². The third-order valence-corrected chi connectivity index (χ3v) is 4.68. The van der Waals surface area contributed by atoms with Crippen molar-refractivity contribution >= 4 is 39.8 Å². The number of rotatable bonds is 3. The lowest BCUT2D eigenvalue weighted by Crippen LogP contribution is -2.48.